The Morgan fingerprint density at radius 1 is 1.12 bits per heavy atom. The van der Waals surface area contributed by atoms with Crippen molar-refractivity contribution >= 4 is 11.9 Å². The number of benzene rings is 2. The number of nitrogens with one attached hydrogen (secondary N) is 1. The van der Waals surface area contributed by atoms with Crippen LogP contribution in [0, 0.1) is 0 Å². The molecule has 0 amide bonds. The molecule has 0 aliphatic carbocycles. The van der Waals surface area contributed by atoms with Crippen LogP contribution in [0.1, 0.15) is 15.9 Å². The van der Waals surface area contributed by atoms with E-state index in [0.29, 0.717) is 17.9 Å². The first-order valence-corrected chi connectivity index (χ1v) is 8.04. The number of aliphatic hydroxyl groups excluding tert-OH is 1. The number of aliphatic hydroxyl groups is 1. The van der Waals surface area contributed by atoms with Crippen LogP contribution in [-0.2, 0) is 0 Å². The van der Waals surface area contributed by atoms with E-state index in [9.17, 15) is 9.90 Å². The largest absolute Gasteiger partial charge is 0.497 e. The van der Waals surface area contributed by atoms with Gasteiger partial charge in [0.1, 0.15) is 24.2 Å². The number of likely N-dealkylation sites (N-methyl/N-ethyl adjacent to an activating group) is 1. The van der Waals surface area contributed by atoms with Crippen molar-refractivity contribution in [3.63, 3.8) is 0 Å². The molecule has 5 heteroatoms. The Balaban J connectivity index is 1.91. The SMILES string of the molecule is CNCC(O)COc1ccc(C(=O)/C=C/c2ccc(OC)cc2)cc1. The molecule has 2 aromatic carbocycles. The smallest absolute Gasteiger partial charge is 0.185 e. The summed E-state index contributed by atoms with van der Waals surface area (Å²) in [4.78, 5) is 12.2. The van der Waals surface area contributed by atoms with Gasteiger partial charge in [-0.25, -0.2) is 0 Å². The zero-order chi connectivity index (χ0) is 18.1. The summed E-state index contributed by atoms with van der Waals surface area (Å²) in [5.74, 6) is 1.31. The van der Waals surface area contributed by atoms with E-state index in [-0.39, 0.29) is 12.4 Å². The maximum Gasteiger partial charge on any atom is 0.185 e. The Kier molecular flexibility index (Phi) is 7.19. The first kappa shape index (κ1) is 18.7. The van der Waals surface area contributed by atoms with Crippen LogP contribution < -0.4 is 14.8 Å². The third-order valence-corrected chi connectivity index (χ3v) is 3.56. The third-order valence-electron chi connectivity index (χ3n) is 3.56. The number of ether oxygens (including phenoxy) is 2. The second-order valence-electron chi connectivity index (χ2n) is 5.52. The number of carbonyl (C=O) groups is 1. The van der Waals surface area contributed by atoms with Gasteiger partial charge >= 0.3 is 0 Å². The molecular weight excluding hydrogens is 318 g/mol. The minimum Gasteiger partial charge on any atom is -0.497 e. The highest BCUT2D eigenvalue weighted by Crippen LogP contribution is 2.15. The lowest BCUT2D eigenvalue weighted by Crippen LogP contribution is -2.29. The van der Waals surface area contributed by atoms with Gasteiger partial charge in [0.15, 0.2) is 5.78 Å². The Morgan fingerprint density at radius 3 is 2.36 bits per heavy atom. The van der Waals surface area contributed by atoms with Gasteiger partial charge in [-0.2, -0.15) is 0 Å². The summed E-state index contributed by atoms with van der Waals surface area (Å²) in [5, 5.41) is 12.5. The van der Waals surface area contributed by atoms with Gasteiger partial charge in [0.2, 0.25) is 0 Å². The number of hydrogen-bond acceptors (Lipinski definition) is 5. The molecule has 0 aromatic heterocycles. The zero-order valence-electron chi connectivity index (χ0n) is 14.4. The predicted octanol–water partition coefficient (Wildman–Crippen LogP) is 2.55. The molecule has 25 heavy (non-hydrogen) atoms. The van der Waals surface area contributed by atoms with Crippen LogP contribution in [0.25, 0.3) is 6.08 Å². The van der Waals surface area contributed by atoms with E-state index in [0.717, 1.165) is 11.3 Å². The summed E-state index contributed by atoms with van der Waals surface area (Å²) >= 11 is 0. The molecule has 1 atom stereocenters. The highest BCUT2D eigenvalue weighted by molar-refractivity contribution is 6.06. The first-order valence-electron chi connectivity index (χ1n) is 8.04. The number of methoxy groups -OCH3 is 1. The van der Waals surface area contributed by atoms with E-state index >= 15 is 0 Å². The van der Waals surface area contributed by atoms with E-state index in [1.807, 2.05) is 24.3 Å². The van der Waals surface area contributed by atoms with Gasteiger partial charge in [0.05, 0.1) is 7.11 Å². The number of allylic oxidation sites excluding steroid dienone is 1. The lowest BCUT2D eigenvalue weighted by atomic mass is 10.1. The van der Waals surface area contributed by atoms with E-state index < -0.39 is 6.10 Å². The third kappa shape index (κ3) is 6.06. The van der Waals surface area contributed by atoms with Crippen LogP contribution in [0.5, 0.6) is 11.5 Å². The Morgan fingerprint density at radius 2 is 1.76 bits per heavy atom. The van der Waals surface area contributed by atoms with E-state index in [1.165, 1.54) is 6.08 Å². The van der Waals surface area contributed by atoms with Crippen LogP contribution >= 0.6 is 0 Å². The van der Waals surface area contributed by atoms with Gasteiger partial charge < -0.3 is 19.9 Å². The second-order valence-corrected chi connectivity index (χ2v) is 5.52. The van der Waals surface area contributed by atoms with Crippen LogP contribution in [0.15, 0.2) is 54.6 Å². The maximum atomic E-state index is 12.2. The van der Waals surface area contributed by atoms with Crippen molar-refractivity contribution in [2.45, 2.75) is 6.10 Å². The fraction of sp³-hybridized carbons (Fsp3) is 0.250. The lowest BCUT2D eigenvalue weighted by Gasteiger charge is -2.11. The van der Waals surface area contributed by atoms with Crippen molar-refractivity contribution in [2.75, 3.05) is 27.3 Å². The molecule has 0 aliphatic rings. The van der Waals surface area contributed by atoms with E-state index in [2.05, 4.69) is 5.32 Å². The van der Waals surface area contributed by atoms with Crippen molar-refractivity contribution in [1.82, 2.24) is 5.32 Å². The monoisotopic (exact) mass is 341 g/mol. The normalized spacial score (nSPS) is 12.1. The molecule has 0 aliphatic heterocycles. The number of rotatable bonds is 9. The van der Waals surface area contributed by atoms with Crippen LogP contribution in [-0.4, -0.2) is 44.3 Å². The number of ketones is 1. The molecule has 2 aromatic rings. The molecule has 132 valence electrons. The molecule has 1 unspecified atom stereocenters. The first-order chi connectivity index (χ1) is 12.1. The predicted molar refractivity (Wildman–Crippen MR) is 98.2 cm³/mol. The van der Waals surface area contributed by atoms with Gasteiger partial charge in [-0.15, -0.1) is 0 Å². The highest BCUT2D eigenvalue weighted by Gasteiger charge is 2.05. The van der Waals surface area contributed by atoms with Crippen LogP contribution in [0.2, 0.25) is 0 Å². The minimum atomic E-state index is -0.571. The molecular formula is C20H23NO4. The lowest BCUT2D eigenvalue weighted by molar-refractivity contribution is 0.104. The summed E-state index contributed by atoms with van der Waals surface area (Å²) in [6.45, 7) is 0.665. The molecule has 0 saturated carbocycles. The fourth-order valence-corrected chi connectivity index (χ4v) is 2.19. The van der Waals surface area contributed by atoms with E-state index in [4.69, 9.17) is 9.47 Å². The van der Waals surface area contributed by atoms with E-state index in [1.54, 1.807) is 44.5 Å². The van der Waals surface area contributed by atoms with Crippen molar-refractivity contribution in [3.8, 4) is 11.5 Å². The average molecular weight is 341 g/mol. The highest BCUT2D eigenvalue weighted by atomic mass is 16.5. The summed E-state index contributed by atoms with van der Waals surface area (Å²) in [6, 6.07) is 14.3. The summed E-state index contributed by atoms with van der Waals surface area (Å²) in [6.07, 6.45) is 2.73. The van der Waals surface area contributed by atoms with Gasteiger partial charge in [-0.05, 0) is 55.1 Å². The Labute approximate surface area is 147 Å². The zero-order valence-corrected chi connectivity index (χ0v) is 14.4. The molecule has 2 rings (SSSR count). The summed E-state index contributed by atoms with van der Waals surface area (Å²) in [7, 11) is 3.38. The molecule has 0 spiro atoms. The number of carbonyl (C=O) groups excluding carboxylic acids is 1. The molecule has 2 N–H and O–H groups in total. The van der Waals surface area contributed by atoms with Crippen LogP contribution in [0.4, 0.5) is 0 Å². The Hall–Kier alpha value is -2.63. The van der Waals surface area contributed by atoms with Crippen molar-refractivity contribution < 1.29 is 19.4 Å². The Bertz CT molecular complexity index is 693. The summed E-state index contributed by atoms with van der Waals surface area (Å²) in [5.41, 5.74) is 1.50. The van der Waals surface area contributed by atoms with Gasteiger partial charge in [0.25, 0.3) is 0 Å². The average Bonchev–Trinajstić information content (AvgIpc) is 2.65. The van der Waals surface area contributed by atoms with Gasteiger partial charge in [-0.1, -0.05) is 18.2 Å². The van der Waals surface area contributed by atoms with Crippen molar-refractivity contribution in [1.29, 1.82) is 0 Å². The maximum absolute atomic E-state index is 12.2. The summed E-state index contributed by atoms with van der Waals surface area (Å²) < 4.78 is 10.6. The topological polar surface area (TPSA) is 67.8 Å². The number of hydrogen-bond donors (Lipinski definition) is 2. The van der Waals surface area contributed by atoms with Gasteiger partial charge in [-0.3, -0.25) is 4.79 Å². The molecule has 0 radical (unpaired) electrons. The van der Waals surface area contributed by atoms with Gasteiger partial charge in [0, 0.05) is 12.1 Å². The molecule has 0 saturated heterocycles. The minimum absolute atomic E-state index is 0.0856. The van der Waals surface area contributed by atoms with Crippen molar-refractivity contribution in [2.24, 2.45) is 0 Å². The second kappa shape index (κ2) is 9.61. The van der Waals surface area contributed by atoms with Crippen LogP contribution in [0.3, 0.4) is 0 Å². The fourth-order valence-electron chi connectivity index (χ4n) is 2.19. The van der Waals surface area contributed by atoms with Crippen molar-refractivity contribution in [3.05, 3.63) is 65.7 Å². The standard InChI is InChI=1S/C20H23NO4/c1-21-13-17(22)14-25-19-10-6-16(7-11-19)20(23)12-5-15-3-8-18(24-2)9-4-15/h3-12,17,21-22H,13-14H2,1-2H3/b12-5+. The quantitative estimate of drug-likeness (QED) is 0.542. The molecule has 0 fully saturated rings. The molecule has 0 heterocycles. The molecule has 0 bridgehead atoms. The molecule has 5 nitrogen and oxygen atoms in total.